The van der Waals surface area contributed by atoms with E-state index in [2.05, 4.69) is 10.3 Å². The van der Waals surface area contributed by atoms with E-state index in [0.29, 0.717) is 20.8 Å². The van der Waals surface area contributed by atoms with E-state index in [4.69, 9.17) is 33.7 Å². The largest absolute Gasteiger partial charge is 0.459 e. The molecule has 0 radical (unpaired) electrons. The van der Waals surface area contributed by atoms with E-state index in [1.165, 1.54) is 11.8 Å². The minimum absolute atomic E-state index is 0.205. The maximum absolute atomic E-state index is 12.4. The molecule has 0 spiro atoms. The smallest absolute Gasteiger partial charge is 0.340 e. The highest BCUT2D eigenvalue weighted by molar-refractivity contribution is 8.13. The van der Waals surface area contributed by atoms with E-state index in [9.17, 15) is 4.79 Å². The fourth-order valence-corrected chi connectivity index (χ4v) is 2.94. The zero-order valence-corrected chi connectivity index (χ0v) is 15.2. The van der Waals surface area contributed by atoms with Crippen LogP contribution < -0.4 is 11.1 Å². The molecule has 0 aromatic heterocycles. The average Bonchev–Trinajstić information content (AvgIpc) is 2.48. The summed E-state index contributed by atoms with van der Waals surface area (Å²) in [6, 6.07) is 4.52. The summed E-state index contributed by atoms with van der Waals surface area (Å²) in [6.07, 6.45) is 1.58. The maximum atomic E-state index is 12.4. The van der Waals surface area contributed by atoms with Gasteiger partial charge >= 0.3 is 5.97 Å². The van der Waals surface area contributed by atoms with Crippen molar-refractivity contribution in [2.24, 2.45) is 10.7 Å². The molecule has 8 heteroatoms. The summed E-state index contributed by atoms with van der Waals surface area (Å²) in [4.78, 5) is 17.0. The number of amidine groups is 1. The maximum Gasteiger partial charge on any atom is 0.340 e. The summed E-state index contributed by atoms with van der Waals surface area (Å²) >= 11 is 13.8. The summed E-state index contributed by atoms with van der Waals surface area (Å²) in [5.41, 5.74) is 6.86. The number of benzene rings is 1. The summed E-state index contributed by atoms with van der Waals surface area (Å²) in [6.45, 7) is 3.53. The van der Waals surface area contributed by atoms with Crippen molar-refractivity contribution in [2.45, 2.75) is 26.0 Å². The van der Waals surface area contributed by atoms with Gasteiger partial charge in [-0.1, -0.05) is 47.1 Å². The third kappa shape index (κ3) is 3.94. The van der Waals surface area contributed by atoms with E-state index >= 15 is 0 Å². The van der Waals surface area contributed by atoms with Crippen LogP contribution in [0.2, 0.25) is 10.0 Å². The van der Waals surface area contributed by atoms with Crippen LogP contribution in [0.4, 0.5) is 0 Å². The minimum atomic E-state index is -0.670. The fourth-order valence-electron chi connectivity index (χ4n) is 2.10. The van der Waals surface area contributed by atoms with Crippen LogP contribution in [0.1, 0.15) is 25.5 Å². The van der Waals surface area contributed by atoms with Gasteiger partial charge in [-0.3, -0.25) is 0 Å². The first kappa shape index (κ1) is 18.0. The molecule has 0 saturated carbocycles. The Morgan fingerprint density at radius 2 is 2.13 bits per heavy atom. The first-order chi connectivity index (χ1) is 10.8. The average molecular weight is 374 g/mol. The summed E-state index contributed by atoms with van der Waals surface area (Å²) in [5, 5.41) is 4.21. The van der Waals surface area contributed by atoms with E-state index in [-0.39, 0.29) is 17.5 Å². The van der Waals surface area contributed by atoms with Crippen molar-refractivity contribution >= 4 is 46.1 Å². The zero-order chi connectivity index (χ0) is 17.1. The molecule has 3 N–H and O–H groups in total. The van der Waals surface area contributed by atoms with Gasteiger partial charge in [-0.05, 0) is 26.2 Å². The topological polar surface area (TPSA) is 76.7 Å². The Bertz CT molecular complexity index is 689. The van der Waals surface area contributed by atoms with Gasteiger partial charge in [-0.25, -0.2) is 9.79 Å². The Morgan fingerprint density at radius 3 is 2.74 bits per heavy atom. The lowest BCUT2D eigenvalue weighted by Crippen LogP contribution is -2.35. The Hall–Kier alpha value is -1.37. The number of carbonyl (C=O) groups is 1. The van der Waals surface area contributed by atoms with Crippen LogP contribution in [0.25, 0.3) is 0 Å². The number of nitrogens with one attached hydrogen (secondary N) is 1. The number of hydrogen-bond donors (Lipinski definition) is 2. The zero-order valence-electron chi connectivity index (χ0n) is 12.9. The van der Waals surface area contributed by atoms with Crippen LogP contribution in [0.5, 0.6) is 0 Å². The first-order valence-electron chi connectivity index (χ1n) is 6.88. The van der Waals surface area contributed by atoms with Crippen LogP contribution in [-0.2, 0) is 9.53 Å². The molecule has 1 aromatic carbocycles. The number of rotatable bonds is 3. The molecule has 1 heterocycles. The summed E-state index contributed by atoms with van der Waals surface area (Å²) < 4.78 is 5.28. The van der Waals surface area contributed by atoms with Crippen LogP contribution >= 0.6 is 35.0 Å². The minimum Gasteiger partial charge on any atom is -0.459 e. The second kappa shape index (κ2) is 7.47. The van der Waals surface area contributed by atoms with Crippen molar-refractivity contribution in [2.75, 3.05) is 6.26 Å². The molecule has 23 heavy (non-hydrogen) atoms. The fraction of sp³-hybridized carbons (Fsp3) is 0.333. The van der Waals surface area contributed by atoms with Gasteiger partial charge in [0, 0.05) is 5.56 Å². The van der Waals surface area contributed by atoms with Gasteiger partial charge in [0.15, 0.2) is 5.17 Å². The van der Waals surface area contributed by atoms with Crippen molar-refractivity contribution in [3.63, 3.8) is 0 Å². The third-order valence-corrected chi connectivity index (χ3v) is 4.51. The molecule has 0 bridgehead atoms. The number of esters is 1. The number of aliphatic imine (C=N–C) groups is 1. The summed E-state index contributed by atoms with van der Waals surface area (Å²) in [5.74, 6) is -0.328. The van der Waals surface area contributed by atoms with Crippen LogP contribution in [-0.4, -0.2) is 23.5 Å². The normalized spacial score (nSPS) is 17.8. The highest BCUT2D eigenvalue weighted by Gasteiger charge is 2.33. The van der Waals surface area contributed by atoms with Gasteiger partial charge in [0.05, 0.1) is 16.1 Å². The van der Waals surface area contributed by atoms with E-state index in [1.807, 2.05) is 6.26 Å². The van der Waals surface area contributed by atoms with Crippen LogP contribution in [0, 0.1) is 0 Å². The molecule has 2 rings (SSSR count). The first-order valence-corrected chi connectivity index (χ1v) is 8.86. The second-order valence-electron chi connectivity index (χ2n) is 5.09. The molecule has 0 aliphatic carbocycles. The van der Waals surface area contributed by atoms with Gasteiger partial charge in [0.2, 0.25) is 0 Å². The van der Waals surface area contributed by atoms with E-state index in [1.54, 1.807) is 32.0 Å². The van der Waals surface area contributed by atoms with Gasteiger partial charge in [-0.15, -0.1) is 0 Å². The molecule has 124 valence electrons. The molecule has 1 aliphatic heterocycles. The van der Waals surface area contributed by atoms with Crippen molar-refractivity contribution in [3.05, 3.63) is 45.2 Å². The Morgan fingerprint density at radius 1 is 1.43 bits per heavy atom. The van der Waals surface area contributed by atoms with Crippen molar-refractivity contribution in [1.82, 2.24) is 5.32 Å². The SMILES string of the molecule is CSC1=NC(c2cccc(Cl)c2Cl)C(C(=O)OC(C)C)=C(N)N1. The number of nitrogens with zero attached hydrogens (tertiary/aromatic N) is 1. The number of ether oxygens (including phenoxy) is 1. The lowest BCUT2D eigenvalue weighted by atomic mass is 9.98. The molecule has 1 atom stereocenters. The monoisotopic (exact) mass is 373 g/mol. The predicted octanol–water partition coefficient (Wildman–Crippen LogP) is 3.48. The molecule has 0 saturated heterocycles. The van der Waals surface area contributed by atoms with Gasteiger partial charge in [-0.2, -0.15) is 0 Å². The molecular formula is C15H17Cl2N3O2S. The van der Waals surface area contributed by atoms with Crippen molar-refractivity contribution < 1.29 is 9.53 Å². The number of halogens is 2. The molecule has 0 amide bonds. The lowest BCUT2D eigenvalue weighted by molar-refractivity contribution is -0.143. The Labute approximate surface area is 149 Å². The Balaban J connectivity index is 2.53. The van der Waals surface area contributed by atoms with Crippen LogP contribution in [0.3, 0.4) is 0 Å². The van der Waals surface area contributed by atoms with Gasteiger partial charge in [0.25, 0.3) is 0 Å². The third-order valence-electron chi connectivity index (χ3n) is 3.08. The lowest BCUT2D eigenvalue weighted by Gasteiger charge is -2.26. The summed E-state index contributed by atoms with van der Waals surface area (Å²) in [7, 11) is 0. The number of nitrogens with two attached hydrogens (primary N) is 1. The number of hydrogen-bond acceptors (Lipinski definition) is 6. The molecular weight excluding hydrogens is 357 g/mol. The highest BCUT2D eigenvalue weighted by Crippen LogP contribution is 2.38. The quantitative estimate of drug-likeness (QED) is 0.793. The second-order valence-corrected chi connectivity index (χ2v) is 6.67. The standard InChI is InChI=1S/C15H17Cl2N3O2S/c1-7(2)22-14(21)10-12(19-15(23-3)20-13(10)18)8-5-4-6-9(16)11(8)17/h4-7,12H,18H2,1-3H3,(H,19,20). The van der Waals surface area contributed by atoms with E-state index in [0.717, 1.165) is 0 Å². The molecule has 1 aromatic rings. The van der Waals surface area contributed by atoms with Gasteiger partial charge in [0.1, 0.15) is 17.4 Å². The molecule has 1 aliphatic rings. The predicted molar refractivity (Wildman–Crippen MR) is 95.7 cm³/mol. The molecule has 5 nitrogen and oxygen atoms in total. The van der Waals surface area contributed by atoms with Crippen molar-refractivity contribution in [1.29, 1.82) is 0 Å². The number of carbonyl (C=O) groups excluding carboxylic acids is 1. The number of thioether (sulfide) groups is 1. The Kier molecular flexibility index (Phi) is 5.84. The molecule has 0 fully saturated rings. The highest BCUT2D eigenvalue weighted by atomic mass is 35.5. The van der Waals surface area contributed by atoms with E-state index < -0.39 is 12.0 Å². The van der Waals surface area contributed by atoms with Crippen LogP contribution in [0.15, 0.2) is 34.6 Å². The molecule has 1 unspecified atom stereocenters. The van der Waals surface area contributed by atoms with Crippen molar-refractivity contribution in [3.8, 4) is 0 Å². The van der Waals surface area contributed by atoms with Gasteiger partial charge < -0.3 is 15.8 Å².